The molecule has 1 atom stereocenters. The number of benzene rings is 1. The number of nitrogens with one attached hydrogen (secondary N) is 1. The van der Waals surface area contributed by atoms with Crippen LogP contribution in [0.15, 0.2) is 34.5 Å². The summed E-state index contributed by atoms with van der Waals surface area (Å²) in [4.78, 5) is 38.2. The van der Waals surface area contributed by atoms with Crippen LogP contribution < -0.4 is 5.32 Å². The molecule has 1 fully saturated rings. The molecule has 8 nitrogen and oxygen atoms in total. The Bertz CT molecular complexity index is 1160. The van der Waals surface area contributed by atoms with Crippen molar-refractivity contribution in [2.75, 3.05) is 18.9 Å². The Morgan fingerprint density at radius 2 is 1.87 bits per heavy atom. The molecule has 11 heteroatoms. The molecule has 158 valence electrons. The zero-order chi connectivity index (χ0) is 21.6. The van der Waals surface area contributed by atoms with Crippen molar-refractivity contribution in [2.45, 2.75) is 29.5 Å². The predicted molar refractivity (Wildman–Crippen MR) is 112 cm³/mol. The number of carbonyl (C=O) groups excluding carboxylic acids is 3. The topological polar surface area (TPSA) is 104 Å². The van der Waals surface area contributed by atoms with Crippen molar-refractivity contribution in [3.8, 4) is 0 Å². The summed E-state index contributed by atoms with van der Waals surface area (Å²) < 4.78 is 27.8. The molecule has 3 amide bonds. The quantitative estimate of drug-likeness (QED) is 0.696. The number of imide groups is 1. The predicted octanol–water partition coefficient (Wildman–Crippen LogP) is 2.81. The fourth-order valence-electron chi connectivity index (χ4n) is 3.67. The number of carbonyl (C=O) groups is 3. The molecule has 0 bridgehead atoms. The highest BCUT2D eigenvalue weighted by Crippen LogP contribution is 2.32. The highest BCUT2D eigenvalue weighted by Gasteiger charge is 2.39. The Morgan fingerprint density at radius 1 is 1.13 bits per heavy atom. The first-order chi connectivity index (χ1) is 14.2. The molecule has 4 rings (SSSR count). The maximum Gasteiger partial charge on any atom is 0.261 e. The number of fused-ring (bicyclic) bond motifs is 1. The zero-order valence-corrected chi connectivity index (χ0v) is 18.3. The first-order valence-electron chi connectivity index (χ1n) is 9.24. The summed E-state index contributed by atoms with van der Waals surface area (Å²) in [5.74, 6) is -1.32. The van der Waals surface area contributed by atoms with Crippen LogP contribution in [0, 0.1) is 0 Å². The van der Waals surface area contributed by atoms with Crippen LogP contribution in [-0.2, 0) is 14.8 Å². The number of sulfonamides is 1. The Hall–Kier alpha value is -2.27. The van der Waals surface area contributed by atoms with Crippen LogP contribution in [0.2, 0.25) is 4.34 Å². The van der Waals surface area contributed by atoms with Gasteiger partial charge in [0.1, 0.15) is 10.3 Å². The molecule has 1 N–H and O–H groups in total. The second-order valence-electron chi connectivity index (χ2n) is 7.10. The maximum atomic E-state index is 13.0. The number of amides is 3. The highest BCUT2D eigenvalue weighted by atomic mass is 35.5. The lowest BCUT2D eigenvalue weighted by atomic mass is 10.0. The van der Waals surface area contributed by atoms with Crippen LogP contribution in [0.5, 0.6) is 0 Å². The molecule has 2 aliphatic rings. The Morgan fingerprint density at radius 3 is 2.57 bits per heavy atom. The van der Waals surface area contributed by atoms with E-state index >= 15 is 0 Å². The first kappa shape index (κ1) is 21.0. The summed E-state index contributed by atoms with van der Waals surface area (Å²) in [6, 6.07) is 6.53. The van der Waals surface area contributed by atoms with Gasteiger partial charge in [-0.3, -0.25) is 19.3 Å². The highest BCUT2D eigenvalue weighted by molar-refractivity contribution is 7.91. The Labute approximate surface area is 182 Å². The van der Waals surface area contributed by atoms with Crippen molar-refractivity contribution in [1.82, 2.24) is 9.21 Å². The van der Waals surface area contributed by atoms with E-state index in [2.05, 4.69) is 5.32 Å². The van der Waals surface area contributed by atoms with Crippen LogP contribution in [0.3, 0.4) is 0 Å². The summed E-state index contributed by atoms with van der Waals surface area (Å²) >= 11 is 6.84. The van der Waals surface area contributed by atoms with E-state index in [1.807, 2.05) is 0 Å². The minimum absolute atomic E-state index is 0.0943. The SMILES string of the molecule is CN1C(=O)c2ccc(NC(=O)C3CCCCN3S(=O)(=O)c3ccc(Cl)s3)cc2C1=O. The van der Waals surface area contributed by atoms with E-state index in [9.17, 15) is 22.8 Å². The first-order valence-corrected chi connectivity index (χ1v) is 11.9. The molecule has 1 unspecified atom stereocenters. The van der Waals surface area contributed by atoms with Crippen molar-refractivity contribution < 1.29 is 22.8 Å². The molecule has 0 radical (unpaired) electrons. The van der Waals surface area contributed by atoms with E-state index in [-0.39, 0.29) is 21.9 Å². The monoisotopic (exact) mass is 467 g/mol. The lowest BCUT2D eigenvalue weighted by Crippen LogP contribution is -2.49. The molecule has 3 heterocycles. The van der Waals surface area contributed by atoms with Gasteiger partial charge in [0.05, 0.1) is 15.5 Å². The largest absolute Gasteiger partial charge is 0.325 e. The van der Waals surface area contributed by atoms with Gasteiger partial charge in [0.25, 0.3) is 21.8 Å². The third kappa shape index (κ3) is 3.53. The smallest absolute Gasteiger partial charge is 0.261 e. The second kappa shape index (κ2) is 7.77. The Kier molecular flexibility index (Phi) is 5.43. The lowest BCUT2D eigenvalue weighted by Gasteiger charge is -2.33. The van der Waals surface area contributed by atoms with Crippen molar-refractivity contribution in [2.24, 2.45) is 0 Å². The van der Waals surface area contributed by atoms with E-state index in [0.717, 1.165) is 22.7 Å². The van der Waals surface area contributed by atoms with E-state index in [4.69, 9.17) is 11.6 Å². The Balaban J connectivity index is 1.58. The van der Waals surface area contributed by atoms with Crippen LogP contribution >= 0.6 is 22.9 Å². The zero-order valence-electron chi connectivity index (χ0n) is 15.9. The van der Waals surface area contributed by atoms with Gasteiger partial charge in [-0.1, -0.05) is 18.0 Å². The number of hydrogen-bond acceptors (Lipinski definition) is 6. The van der Waals surface area contributed by atoms with Gasteiger partial charge in [0.15, 0.2) is 0 Å². The van der Waals surface area contributed by atoms with Gasteiger partial charge >= 0.3 is 0 Å². The van der Waals surface area contributed by atoms with Crippen LogP contribution in [0.4, 0.5) is 5.69 Å². The van der Waals surface area contributed by atoms with E-state index < -0.39 is 33.8 Å². The minimum atomic E-state index is -3.86. The van der Waals surface area contributed by atoms with Crippen LogP contribution in [-0.4, -0.2) is 55.0 Å². The number of rotatable bonds is 4. The summed E-state index contributed by atoms with van der Waals surface area (Å²) in [6.45, 7) is 0.234. The average Bonchev–Trinajstić information content (AvgIpc) is 3.26. The van der Waals surface area contributed by atoms with Gasteiger partial charge in [0.2, 0.25) is 5.91 Å². The summed E-state index contributed by atoms with van der Waals surface area (Å²) in [5.41, 5.74) is 0.816. The van der Waals surface area contributed by atoms with Gasteiger partial charge in [-0.2, -0.15) is 4.31 Å². The van der Waals surface area contributed by atoms with Crippen molar-refractivity contribution in [3.05, 3.63) is 45.8 Å². The average molecular weight is 468 g/mol. The normalized spacial score (nSPS) is 19.8. The number of piperidine rings is 1. The fraction of sp³-hybridized carbons (Fsp3) is 0.316. The summed E-state index contributed by atoms with van der Waals surface area (Å²) in [5, 5.41) is 2.70. The number of halogens is 1. The number of nitrogens with zero attached hydrogens (tertiary/aromatic N) is 2. The van der Waals surface area contributed by atoms with Gasteiger partial charge < -0.3 is 5.32 Å². The molecular weight excluding hydrogens is 450 g/mol. The molecule has 2 aliphatic heterocycles. The molecule has 0 aliphatic carbocycles. The van der Waals surface area contributed by atoms with Gasteiger partial charge in [-0.05, 0) is 43.2 Å². The summed E-state index contributed by atoms with van der Waals surface area (Å²) in [7, 11) is -2.47. The van der Waals surface area contributed by atoms with E-state index in [1.54, 1.807) is 0 Å². The molecule has 1 aromatic carbocycles. The molecule has 1 saturated heterocycles. The minimum Gasteiger partial charge on any atom is -0.325 e. The van der Waals surface area contributed by atoms with Crippen molar-refractivity contribution in [3.63, 3.8) is 0 Å². The molecular formula is C19H18ClN3O5S2. The summed E-state index contributed by atoms with van der Waals surface area (Å²) in [6.07, 6.45) is 1.76. The standard InChI is InChI=1S/C19H18ClN3O5S2/c1-22-18(25)12-6-5-11(10-13(12)19(22)26)21-17(24)14-4-2-3-9-23(14)30(27,28)16-8-7-15(20)29-16/h5-8,10,14H,2-4,9H2,1H3,(H,21,24). The third-order valence-electron chi connectivity index (χ3n) is 5.23. The van der Waals surface area contributed by atoms with E-state index in [0.29, 0.717) is 22.9 Å². The lowest BCUT2D eigenvalue weighted by molar-refractivity contribution is -0.120. The van der Waals surface area contributed by atoms with Gasteiger partial charge in [0, 0.05) is 19.3 Å². The van der Waals surface area contributed by atoms with Gasteiger partial charge in [-0.15, -0.1) is 11.3 Å². The fourth-order valence-corrected chi connectivity index (χ4v) is 6.94. The van der Waals surface area contributed by atoms with Crippen LogP contribution in [0.25, 0.3) is 0 Å². The maximum absolute atomic E-state index is 13.0. The van der Waals surface area contributed by atoms with Crippen LogP contribution in [0.1, 0.15) is 40.0 Å². The molecule has 0 spiro atoms. The van der Waals surface area contributed by atoms with Crippen molar-refractivity contribution in [1.29, 1.82) is 0 Å². The molecule has 1 aromatic heterocycles. The molecule has 30 heavy (non-hydrogen) atoms. The van der Waals surface area contributed by atoms with E-state index in [1.165, 1.54) is 41.7 Å². The molecule has 2 aromatic rings. The number of hydrogen-bond donors (Lipinski definition) is 1. The van der Waals surface area contributed by atoms with Gasteiger partial charge in [-0.25, -0.2) is 8.42 Å². The number of anilines is 1. The second-order valence-corrected chi connectivity index (χ2v) is 10.9. The van der Waals surface area contributed by atoms with Crippen molar-refractivity contribution >= 4 is 56.4 Å². The third-order valence-corrected chi connectivity index (χ3v) is 8.83. The number of thiophene rings is 1. The molecule has 0 saturated carbocycles.